The van der Waals surface area contributed by atoms with Gasteiger partial charge in [-0.3, -0.25) is 14.9 Å². The number of esters is 1. The molecular formula is C22H23FN2O4. The normalized spacial score (nSPS) is 15.9. The quantitative estimate of drug-likeness (QED) is 0.757. The molecule has 0 aromatic heterocycles. The summed E-state index contributed by atoms with van der Waals surface area (Å²) in [5, 5.41) is 4.44. The largest absolute Gasteiger partial charge is 0.447 e. The van der Waals surface area contributed by atoms with Crippen molar-refractivity contribution in [3.05, 3.63) is 71.5 Å². The Balaban J connectivity index is 1.93. The van der Waals surface area contributed by atoms with Crippen molar-refractivity contribution in [3.8, 4) is 0 Å². The van der Waals surface area contributed by atoms with Crippen LogP contribution in [0.25, 0.3) is 0 Å². The molecule has 0 radical (unpaired) electrons. The summed E-state index contributed by atoms with van der Waals surface area (Å²) in [5.41, 5.74) is -0.448. The maximum atomic E-state index is 14.5. The Bertz CT molecular complexity index is 895. The van der Waals surface area contributed by atoms with E-state index < -0.39 is 35.2 Å². The lowest BCUT2D eigenvalue weighted by Crippen LogP contribution is -2.43. The predicted molar refractivity (Wildman–Crippen MR) is 104 cm³/mol. The number of amides is 3. The minimum atomic E-state index is -1.33. The number of carbonyl (C=O) groups excluding carboxylic acids is 3. The summed E-state index contributed by atoms with van der Waals surface area (Å²) in [6.45, 7) is 0. The van der Waals surface area contributed by atoms with Gasteiger partial charge in [0.15, 0.2) is 0 Å². The van der Waals surface area contributed by atoms with Gasteiger partial charge in [0.25, 0.3) is 5.91 Å². The lowest BCUT2D eigenvalue weighted by molar-refractivity contribution is -0.162. The number of rotatable bonds is 5. The molecule has 1 aliphatic rings. The maximum absolute atomic E-state index is 14.5. The van der Waals surface area contributed by atoms with Crippen molar-refractivity contribution in [2.75, 3.05) is 7.05 Å². The number of urea groups is 1. The number of carbonyl (C=O) groups is 3. The van der Waals surface area contributed by atoms with E-state index in [0.29, 0.717) is 18.4 Å². The van der Waals surface area contributed by atoms with Crippen molar-refractivity contribution in [1.82, 2.24) is 10.6 Å². The molecule has 0 saturated heterocycles. The molecule has 2 aromatic rings. The Kier molecular flexibility index (Phi) is 6.26. The van der Waals surface area contributed by atoms with Crippen LogP contribution in [-0.4, -0.2) is 25.0 Å². The van der Waals surface area contributed by atoms with E-state index in [2.05, 4.69) is 10.6 Å². The first-order valence-electron chi connectivity index (χ1n) is 9.51. The third-order valence-corrected chi connectivity index (χ3v) is 5.27. The van der Waals surface area contributed by atoms with Crippen LogP contribution in [0.15, 0.2) is 54.6 Å². The molecule has 1 saturated carbocycles. The van der Waals surface area contributed by atoms with E-state index in [-0.39, 0.29) is 5.56 Å². The van der Waals surface area contributed by atoms with Gasteiger partial charge in [-0.05, 0) is 18.9 Å². The van der Waals surface area contributed by atoms with Crippen LogP contribution in [0.1, 0.15) is 42.9 Å². The second kappa shape index (κ2) is 8.86. The highest BCUT2D eigenvalue weighted by Crippen LogP contribution is 2.44. The first-order valence-corrected chi connectivity index (χ1v) is 9.51. The van der Waals surface area contributed by atoms with Crippen LogP contribution in [0.2, 0.25) is 0 Å². The van der Waals surface area contributed by atoms with Crippen LogP contribution in [0.4, 0.5) is 9.18 Å². The summed E-state index contributed by atoms with van der Waals surface area (Å²) in [6.07, 6.45) is 1.05. The summed E-state index contributed by atoms with van der Waals surface area (Å²) in [6, 6.07) is 13.9. The van der Waals surface area contributed by atoms with Crippen LogP contribution in [0, 0.1) is 5.82 Å². The Morgan fingerprint density at radius 1 is 1.00 bits per heavy atom. The van der Waals surface area contributed by atoms with E-state index in [1.54, 1.807) is 48.5 Å². The molecule has 6 nitrogen and oxygen atoms in total. The standard InChI is InChI=1S/C22H23FN2O4/c1-24-21(28)25-19(26)18(15-9-3-2-4-10-15)29-20(27)22(13-7-8-14-22)16-11-5-6-12-17(16)23/h2-6,9-12,18H,7-8,13-14H2,1H3,(H2,24,25,26,28)/t18-/m1/s1. The summed E-state index contributed by atoms with van der Waals surface area (Å²) < 4.78 is 20.2. The number of halogens is 1. The smallest absolute Gasteiger partial charge is 0.321 e. The number of nitrogens with one attached hydrogen (secondary N) is 2. The van der Waals surface area contributed by atoms with Gasteiger partial charge in [0, 0.05) is 18.2 Å². The van der Waals surface area contributed by atoms with Gasteiger partial charge in [-0.25, -0.2) is 9.18 Å². The topological polar surface area (TPSA) is 84.5 Å². The molecule has 0 bridgehead atoms. The molecule has 29 heavy (non-hydrogen) atoms. The first kappa shape index (κ1) is 20.5. The van der Waals surface area contributed by atoms with Crippen LogP contribution in [0.5, 0.6) is 0 Å². The fourth-order valence-electron chi connectivity index (χ4n) is 3.77. The van der Waals surface area contributed by atoms with Crippen molar-refractivity contribution in [2.45, 2.75) is 37.2 Å². The molecule has 1 aliphatic carbocycles. The number of benzene rings is 2. The molecule has 1 atom stereocenters. The zero-order chi connectivity index (χ0) is 20.9. The Morgan fingerprint density at radius 3 is 2.24 bits per heavy atom. The Morgan fingerprint density at radius 2 is 1.62 bits per heavy atom. The van der Waals surface area contributed by atoms with Gasteiger partial charge in [-0.15, -0.1) is 0 Å². The zero-order valence-electron chi connectivity index (χ0n) is 16.1. The molecular weight excluding hydrogens is 375 g/mol. The third-order valence-electron chi connectivity index (χ3n) is 5.27. The van der Waals surface area contributed by atoms with Gasteiger partial charge >= 0.3 is 12.0 Å². The lowest BCUT2D eigenvalue weighted by Gasteiger charge is -2.29. The zero-order valence-corrected chi connectivity index (χ0v) is 16.1. The molecule has 0 heterocycles. The van der Waals surface area contributed by atoms with Crippen LogP contribution >= 0.6 is 0 Å². The fraction of sp³-hybridized carbons (Fsp3) is 0.318. The maximum Gasteiger partial charge on any atom is 0.321 e. The van der Waals surface area contributed by atoms with Crippen molar-refractivity contribution in [3.63, 3.8) is 0 Å². The van der Waals surface area contributed by atoms with E-state index in [1.165, 1.54) is 13.1 Å². The van der Waals surface area contributed by atoms with Gasteiger partial charge in [0.05, 0.1) is 5.41 Å². The number of hydrogen-bond donors (Lipinski definition) is 2. The molecule has 1 fully saturated rings. The second-order valence-corrected chi connectivity index (χ2v) is 7.03. The number of hydrogen-bond acceptors (Lipinski definition) is 4. The first-order chi connectivity index (χ1) is 14.0. The van der Waals surface area contributed by atoms with E-state index in [4.69, 9.17) is 4.74 Å². The van der Waals surface area contributed by atoms with E-state index in [0.717, 1.165) is 12.8 Å². The van der Waals surface area contributed by atoms with Crippen LogP contribution < -0.4 is 10.6 Å². The molecule has 3 amide bonds. The lowest BCUT2D eigenvalue weighted by atomic mass is 9.78. The molecule has 7 heteroatoms. The van der Waals surface area contributed by atoms with Gasteiger partial charge < -0.3 is 10.1 Å². The summed E-state index contributed by atoms with van der Waals surface area (Å²) in [7, 11) is 1.37. The summed E-state index contributed by atoms with van der Waals surface area (Å²) in [4.78, 5) is 37.5. The minimum Gasteiger partial charge on any atom is -0.447 e. The summed E-state index contributed by atoms with van der Waals surface area (Å²) >= 11 is 0. The van der Waals surface area contributed by atoms with E-state index in [9.17, 15) is 18.8 Å². The van der Waals surface area contributed by atoms with Crippen molar-refractivity contribution in [2.24, 2.45) is 0 Å². The SMILES string of the molecule is CNC(=O)NC(=O)[C@H](OC(=O)C1(c2ccccc2F)CCCC1)c1ccccc1. The van der Waals surface area contributed by atoms with Gasteiger partial charge in [0.2, 0.25) is 6.10 Å². The van der Waals surface area contributed by atoms with Gasteiger partial charge in [-0.1, -0.05) is 61.4 Å². The average molecular weight is 398 g/mol. The van der Waals surface area contributed by atoms with E-state index in [1.807, 2.05) is 0 Å². The van der Waals surface area contributed by atoms with Crippen LogP contribution in [0.3, 0.4) is 0 Å². The molecule has 2 N–H and O–H groups in total. The summed E-state index contributed by atoms with van der Waals surface area (Å²) in [5.74, 6) is -1.91. The van der Waals surface area contributed by atoms with Crippen LogP contribution in [-0.2, 0) is 19.7 Å². The molecule has 2 aromatic carbocycles. The highest BCUT2D eigenvalue weighted by Gasteiger charge is 2.47. The third kappa shape index (κ3) is 4.29. The minimum absolute atomic E-state index is 0.279. The van der Waals surface area contributed by atoms with Crippen molar-refractivity contribution in [1.29, 1.82) is 0 Å². The van der Waals surface area contributed by atoms with Crippen molar-refractivity contribution < 1.29 is 23.5 Å². The molecule has 0 aliphatic heterocycles. The highest BCUT2D eigenvalue weighted by molar-refractivity contribution is 5.98. The second-order valence-electron chi connectivity index (χ2n) is 7.03. The Hall–Kier alpha value is -3.22. The van der Waals surface area contributed by atoms with Gasteiger partial charge in [-0.2, -0.15) is 0 Å². The van der Waals surface area contributed by atoms with Crippen molar-refractivity contribution >= 4 is 17.9 Å². The number of ether oxygens (including phenoxy) is 1. The average Bonchev–Trinajstić information content (AvgIpc) is 3.23. The van der Waals surface area contributed by atoms with E-state index >= 15 is 0 Å². The molecule has 152 valence electrons. The molecule has 0 spiro atoms. The Labute approximate surface area is 168 Å². The fourth-order valence-corrected chi connectivity index (χ4v) is 3.77. The predicted octanol–water partition coefficient (Wildman–Crippen LogP) is 3.38. The molecule has 3 rings (SSSR count). The monoisotopic (exact) mass is 398 g/mol. The van der Waals surface area contributed by atoms with Gasteiger partial charge in [0.1, 0.15) is 5.82 Å². The number of imide groups is 1. The molecule has 0 unspecified atom stereocenters. The highest BCUT2D eigenvalue weighted by atomic mass is 19.1.